The molecule has 174 valence electrons. The number of methoxy groups -OCH3 is 1. The van der Waals surface area contributed by atoms with Gasteiger partial charge in [0.1, 0.15) is 5.75 Å². The van der Waals surface area contributed by atoms with Gasteiger partial charge >= 0.3 is 0 Å². The van der Waals surface area contributed by atoms with E-state index < -0.39 is 0 Å². The van der Waals surface area contributed by atoms with Crippen LogP contribution in [0.3, 0.4) is 0 Å². The molecule has 0 heterocycles. The third kappa shape index (κ3) is 6.56. The van der Waals surface area contributed by atoms with E-state index in [9.17, 15) is 9.59 Å². The highest BCUT2D eigenvalue weighted by Crippen LogP contribution is 2.24. The van der Waals surface area contributed by atoms with E-state index in [1.54, 1.807) is 13.2 Å². The molecule has 0 aliphatic carbocycles. The maximum atomic E-state index is 12.5. The number of amides is 2. The Morgan fingerprint density at radius 3 is 2.39 bits per heavy atom. The summed E-state index contributed by atoms with van der Waals surface area (Å²) in [4.78, 5) is 27.3. The number of nitrogens with zero attached hydrogens (tertiary/aromatic N) is 1. The Kier molecular flexibility index (Phi) is 8.84. The van der Waals surface area contributed by atoms with Crippen LogP contribution in [0, 0.1) is 0 Å². The predicted molar refractivity (Wildman–Crippen MR) is 133 cm³/mol. The van der Waals surface area contributed by atoms with E-state index in [4.69, 9.17) is 4.74 Å². The lowest BCUT2D eigenvalue weighted by Crippen LogP contribution is -2.39. The number of likely N-dealkylation sites (N-methyl/N-ethyl adjacent to an activating group) is 1. The van der Waals surface area contributed by atoms with E-state index in [1.807, 2.05) is 54.6 Å². The predicted octanol–water partition coefficient (Wildman–Crippen LogP) is 4.17. The van der Waals surface area contributed by atoms with E-state index >= 15 is 0 Å². The van der Waals surface area contributed by atoms with Gasteiger partial charge in [-0.3, -0.25) is 14.5 Å². The molecule has 0 radical (unpaired) electrons. The first-order valence-electron chi connectivity index (χ1n) is 11.5. The van der Waals surface area contributed by atoms with Gasteiger partial charge in [0, 0.05) is 25.1 Å². The van der Waals surface area contributed by atoms with Gasteiger partial charge in [-0.25, -0.2) is 0 Å². The third-order valence-electron chi connectivity index (χ3n) is 5.87. The average Bonchev–Trinajstić information content (AvgIpc) is 2.86. The van der Waals surface area contributed by atoms with E-state index in [1.165, 1.54) is 0 Å². The second kappa shape index (κ2) is 12.0. The normalized spacial score (nSPS) is 11.9. The van der Waals surface area contributed by atoms with Crippen LogP contribution in [0.5, 0.6) is 5.75 Å². The fourth-order valence-corrected chi connectivity index (χ4v) is 3.99. The number of benzene rings is 3. The number of fused-ring (bicyclic) bond motifs is 1. The molecule has 0 spiro atoms. The Labute approximate surface area is 195 Å². The molecular formula is C27H33N3O3. The van der Waals surface area contributed by atoms with Crippen molar-refractivity contribution in [3.8, 4) is 5.75 Å². The Morgan fingerprint density at radius 2 is 1.67 bits per heavy atom. The van der Waals surface area contributed by atoms with Crippen LogP contribution in [0.2, 0.25) is 0 Å². The van der Waals surface area contributed by atoms with Crippen LogP contribution < -0.4 is 15.4 Å². The number of hydrogen-bond acceptors (Lipinski definition) is 4. The van der Waals surface area contributed by atoms with Gasteiger partial charge in [0.2, 0.25) is 5.91 Å². The van der Waals surface area contributed by atoms with Gasteiger partial charge in [-0.2, -0.15) is 0 Å². The second-order valence-electron chi connectivity index (χ2n) is 7.89. The fourth-order valence-electron chi connectivity index (χ4n) is 3.99. The van der Waals surface area contributed by atoms with Crippen molar-refractivity contribution in [2.75, 3.05) is 33.3 Å². The summed E-state index contributed by atoms with van der Waals surface area (Å²) < 4.78 is 5.37. The van der Waals surface area contributed by atoms with E-state index in [-0.39, 0.29) is 30.8 Å². The molecule has 1 unspecified atom stereocenters. The summed E-state index contributed by atoms with van der Waals surface area (Å²) >= 11 is 0. The first kappa shape index (κ1) is 24.3. The fraction of sp³-hybridized carbons (Fsp3) is 0.333. The summed E-state index contributed by atoms with van der Waals surface area (Å²) in [5.41, 5.74) is 1.69. The minimum absolute atomic E-state index is 0.0474. The molecule has 6 heteroatoms. The highest BCUT2D eigenvalue weighted by atomic mass is 16.5. The van der Waals surface area contributed by atoms with Crippen LogP contribution >= 0.6 is 0 Å². The van der Waals surface area contributed by atoms with Gasteiger partial charge in [0.15, 0.2) is 0 Å². The van der Waals surface area contributed by atoms with Crippen molar-refractivity contribution in [1.29, 1.82) is 0 Å². The molecule has 0 aliphatic heterocycles. The Balaban J connectivity index is 1.53. The smallest absolute Gasteiger partial charge is 0.251 e. The lowest BCUT2D eigenvalue weighted by molar-refractivity contribution is -0.121. The topological polar surface area (TPSA) is 70.7 Å². The minimum atomic E-state index is -0.175. The molecule has 0 aliphatic rings. The molecule has 0 saturated heterocycles. The van der Waals surface area contributed by atoms with Crippen molar-refractivity contribution in [2.45, 2.75) is 26.3 Å². The summed E-state index contributed by atoms with van der Waals surface area (Å²) in [7, 11) is 1.65. The number of carbonyl (C=O) groups is 2. The van der Waals surface area contributed by atoms with E-state index in [2.05, 4.69) is 35.4 Å². The van der Waals surface area contributed by atoms with E-state index in [0.29, 0.717) is 12.1 Å². The van der Waals surface area contributed by atoms with Crippen molar-refractivity contribution in [3.05, 3.63) is 77.9 Å². The zero-order valence-electron chi connectivity index (χ0n) is 19.6. The second-order valence-corrected chi connectivity index (χ2v) is 7.89. The molecular weight excluding hydrogens is 414 g/mol. The third-order valence-corrected chi connectivity index (χ3v) is 5.87. The van der Waals surface area contributed by atoms with Gasteiger partial charge in [-0.05, 0) is 53.7 Å². The average molecular weight is 448 g/mol. The highest BCUT2D eigenvalue weighted by Gasteiger charge is 2.19. The number of carbonyl (C=O) groups excluding carboxylic acids is 2. The van der Waals surface area contributed by atoms with Crippen molar-refractivity contribution >= 4 is 22.6 Å². The number of rotatable bonds is 11. The molecule has 33 heavy (non-hydrogen) atoms. The van der Waals surface area contributed by atoms with Gasteiger partial charge in [0.25, 0.3) is 5.91 Å². The lowest BCUT2D eigenvalue weighted by atomic mass is 10.0. The van der Waals surface area contributed by atoms with E-state index in [0.717, 1.165) is 35.2 Å². The minimum Gasteiger partial charge on any atom is -0.497 e. The van der Waals surface area contributed by atoms with Gasteiger partial charge in [0.05, 0.1) is 13.2 Å². The number of ether oxygens (including phenoxy) is 1. The van der Waals surface area contributed by atoms with Gasteiger partial charge in [-0.1, -0.05) is 56.3 Å². The van der Waals surface area contributed by atoms with Crippen LogP contribution in [0.4, 0.5) is 0 Å². The molecule has 2 N–H and O–H groups in total. The summed E-state index contributed by atoms with van der Waals surface area (Å²) in [6.45, 7) is 6.74. The standard InChI is InChI=1S/C27H33N3O3/c1-4-30(5-2)25(22-11-8-12-24(18-22)33-3)19-29-26(31)15-16-28-27(32)23-14-13-20-9-6-7-10-21(20)17-23/h6-14,17-18,25H,4-5,15-16,19H2,1-3H3,(H,28,32)(H,29,31). The van der Waals surface area contributed by atoms with Crippen molar-refractivity contribution in [2.24, 2.45) is 0 Å². The SMILES string of the molecule is CCN(CC)C(CNC(=O)CCNC(=O)c1ccc2ccccc2c1)c1cccc(OC)c1. The van der Waals surface area contributed by atoms with Crippen LogP contribution in [0.15, 0.2) is 66.7 Å². The van der Waals surface area contributed by atoms with Crippen LogP contribution in [0.25, 0.3) is 10.8 Å². The molecule has 3 aromatic rings. The zero-order chi connectivity index (χ0) is 23.6. The van der Waals surface area contributed by atoms with Crippen molar-refractivity contribution < 1.29 is 14.3 Å². The zero-order valence-corrected chi connectivity index (χ0v) is 19.6. The maximum absolute atomic E-state index is 12.5. The molecule has 6 nitrogen and oxygen atoms in total. The summed E-state index contributed by atoms with van der Waals surface area (Å²) in [6.07, 6.45) is 0.225. The Bertz CT molecular complexity index is 1080. The van der Waals surface area contributed by atoms with Gasteiger partial charge in [-0.15, -0.1) is 0 Å². The maximum Gasteiger partial charge on any atom is 0.251 e. The summed E-state index contributed by atoms with van der Waals surface area (Å²) in [5.74, 6) is 0.534. The van der Waals surface area contributed by atoms with Gasteiger partial charge < -0.3 is 15.4 Å². The van der Waals surface area contributed by atoms with Crippen molar-refractivity contribution in [3.63, 3.8) is 0 Å². The summed E-state index contributed by atoms with van der Waals surface area (Å²) in [5, 5.41) is 7.99. The molecule has 3 rings (SSSR count). The quantitative estimate of drug-likeness (QED) is 0.463. The Hall–Kier alpha value is -3.38. The first-order valence-corrected chi connectivity index (χ1v) is 11.5. The molecule has 0 bridgehead atoms. The van der Waals surface area contributed by atoms with Crippen molar-refractivity contribution in [1.82, 2.24) is 15.5 Å². The number of hydrogen-bond donors (Lipinski definition) is 2. The summed E-state index contributed by atoms with van der Waals surface area (Å²) in [6, 6.07) is 21.5. The molecule has 2 amide bonds. The molecule has 0 saturated carbocycles. The Morgan fingerprint density at radius 1 is 0.909 bits per heavy atom. The van der Waals surface area contributed by atoms with Crippen LogP contribution in [-0.2, 0) is 4.79 Å². The number of nitrogens with one attached hydrogen (secondary N) is 2. The lowest BCUT2D eigenvalue weighted by Gasteiger charge is -2.30. The first-order chi connectivity index (χ1) is 16.0. The highest BCUT2D eigenvalue weighted by molar-refractivity contribution is 5.98. The van der Waals surface area contributed by atoms with Crippen LogP contribution in [0.1, 0.15) is 42.2 Å². The molecule has 3 aromatic carbocycles. The molecule has 1 atom stereocenters. The monoisotopic (exact) mass is 447 g/mol. The molecule has 0 aromatic heterocycles. The molecule has 0 fully saturated rings. The largest absolute Gasteiger partial charge is 0.497 e. The van der Waals surface area contributed by atoms with Crippen LogP contribution in [-0.4, -0.2) is 50.0 Å².